The van der Waals surface area contributed by atoms with Gasteiger partial charge in [0.05, 0.1) is 13.8 Å². The van der Waals surface area contributed by atoms with Crippen molar-refractivity contribution in [2.75, 3.05) is 0 Å². The molecule has 6 heteroatoms. The van der Waals surface area contributed by atoms with E-state index >= 15 is 0 Å². The summed E-state index contributed by atoms with van der Waals surface area (Å²) >= 11 is 0. The van der Waals surface area contributed by atoms with Crippen molar-refractivity contribution < 1.29 is 33.3 Å². The molecular weight excluding hydrogens is 272 g/mol. The van der Waals surface area contributed by atoms with Crippen LogP contribution in [0.3, 0.4) is 0 Å². The molecule has 1 aromatic carbocycles. The van der Waals surface area contributed by atoms with Crippen LogP contribution in [-0.4, -0.2) is 14.0 Å². The van der Waals surface area contributed by atoms with Crippen LogP contribution in [0.4, 0.5) is 0 Å². The van der Waals surface area contributed by atoms with Crippen molar-refractivity contribution in [2.45, 2.75) is 13.8 Å². The van der Waals surface area contributed by atoms with Crippen LogP contribution in [0.5, 0.6) is 0 Å². The summed E-state index contributed by atoms with van der Waals surface area (Å²) in [5.74, 6) is 1.90. The number of rotatable bonds is 1. The topological polar surface area (TPSA) is 95.1 Å². The second-order valence-electron chi connectivity index (χ2n) is 3.87. The second kappa shape index (κ2) is 6.60. The predicted octanol–water partition coefficient (Wildman–Crippen LogP) is 0.985. The summed E-state index contributed by atoms with van der Waals surface area (Å²) in [7, 11) is -4.19. The molecule has 0 unspecified atom stereocenters. The molecule has 0 saturated carbocycles. The Morgan fingerprint density at radius 1 is 0.895 bits per heavy atom. The number of benzene rings is 1. The fourth-order valence-corrected chi connectivity index (χ4v) is 1.59. The Hall–Kier alpha value is -1.50. The standard InChI is InChI=1S/C13H13O.ClH3O4/c1-10-8-13(9-11(2)14-10)12-6-4-3-5-7-12;2-1(3,4)5/h3-9H,1-2H3;2-4H/q+1;. The van der Waals surface area contributed by atoms with Crippen molar-refractivity contribution in [2.24, 2.45) is 0 Å². The quantitative estimate of drug-likeness (QED) is 0.680. The van der Waals surface area contributed by atoms with E-state index in [-0.39, 0.29) is 0 Å². The summed E-state index contributed by atoms with van der Waals surface area (Å²) in [5.41, 5.74) is 2.45. The van der Waals surface area contributed by atoms with Crippen molar-refractivity contribution in [3.63, 3.8) is 0 Å². The maximum atomic E-state index is 8.83. The Morgan fingerprint density at radius 3 is 1.74 bits per heavy atom. The van der Waals surface area contributed by atoms with E-state index in [0.29, 0.717) is 0 Å². The molecule has 5 nitrogen and oxygen atoms in total. The fraction of sp³-hybridized carbons (Fsp3) is 0.154. The predicted molar refractivity (Wildman–Crippen MR) is 64.7 cm³/mol. The molecule has 0 saturated heterocycles. The van der Waals surface area contributed by atoms with Crippen LogP contribution in [0.1, 0.15) is 11.5 Å². The Balaban J connectivity index is 0.000000312. The van der Waals surface area contributed by atoms with Gasteiger partial charge in [-0.3, -0.25) is 0 Å². The average Bonchev–Trinajstić information content (AvgIpc) is 2.26. The second-order valence-corrected chi connectivity index (χ2v) is 4.73. The van der Waals surface area contributed by atoms with Crippen LogP contribution < -0.4 is 4.66 Å². The maximum absolute atomic E-state index is 8.83. The number of hydrogen-bond donors (Lipinski definition) is 3. The molecule has 0 aliphatic carbocycles. The fourth-order valence-electron chi connectivity index (χ4n) is 1.59. The molecule has 0 fully saturated rings. The third-order valence-corrected chi connectivity index (χ3v) is 2.15. The minimum absolute atomic E-state index is 0.948. The molecule has 0 atom stereocenters. The SMILES string of the molecule is Cc1cc(-c2ccccc2)cc(C)[o+]1.[O-][Cl+](O)(O)O. The van der Waals surface area contributed by atoms with Gasteiger partial charge in [0.2, 0.25) is 0 Å². The van der Waals surface area contributed by atoms with Gasteiger partial charge in [-0.25, -0.2) is 4.42 Å². The first-order valence-corrected chi connectivity index (χ1v) is 6.71. The van der Waals surface area contributed by atoms with Gasteiger partial charge in [0.25, 0.3) is 0 Å². The summed E-state index contributed by atoms with van der Waals surface area (Å²) < 4.78 is 35.7. The molecule has 0 aliphatic rings. The molecule has 3 N–H and O–H groups in total. The van der Waals surface area contributed by atoms with Gasteiger partial charge in [-0.1, -0.05) is 30.3 Å². The van der Waals surface area contributed by atoms with Crippen LogP contribution in [0.15, 0.2) is 46.9 Å². The minimum atomic E-state index is -4.19. The number of hydrogen-bond acceptors (Lipinski definition) is 4. The molecule has 1 aromatic heterocycles. The number of halogens is 1. The van der Waals surface area contributed by atoms with E-state index in [1.54, 1.807) is 0 Å². The van der Waals surface area contributed by atoms with E-state index in [2.05, 4.69) is 24.3 Å². The van der Waals surface area contributed by atoms with E-state index in [1.807, 2.05) is 32.0 Å². The van der Waals surface area contributed by atoms with E-state index in [9.17, 15) is 0 Å². The van der Waals surface area contributed by atoms with Gasteiger partial charge < -0.3 is 0 Å². The monoisotopic (exact) mass is 287 g/mol. The van der Waals surface area contributed by atoms with Crippen molar-refractivity contribution >= 4 is 0 Å². The van der Waals surface area contributed by atoms with E-state index < -0.39 is 10.2 Å². The van der Waals surface area contributed by atoms with Gasteiger partial charge in [0, 0.05) is 12.1 Å². The Kier molecular flexibility index (Phi) is 5.41. The third kappa shape index (κ3) is 6.85. The summed E-state index contributed by atoms with van der Waals surface area (Å²) in [4.78, 5) is 0. The molecule has 0 bridgehead atoms. The Morgan fingerprint density at radius 2 is 1.32 bits per heavy atom. The molecule has 104 valence electrons. The van der Waals surface area contributed by atoms with Gasteiger partial charge in [0.1, 0.15) is 0 Å². The van der Waals surface area contributed by atoms with Crippen LogP contribution >= 0.6 is 0 Å². The molecule has 19 heavy (non-hydrogen) atoms. The first kappa shape index (κ1) is 15.6. The van der Waals surface area contributed by atoms with E-state index in [1.165, 1.54) is 11.1 Å². The molecule has 0 radical (unpaired) electrons. The first-order valence-electron chi connectivity index (χ1n) is 5.39. The van der Waals surface area contributed by atoms with Crippen molar-refractivity contribution in [3.8, 4) is 11.1 Å². The number of aryl methyl sites for hydroxylation is 2. The zero-order chi connectivity index (χ0) is 14.5. The van der Waals surface area contributed by atoms with Gasteiger partial charge in [0.15, 0.2) is 0 Å². The molecule has 1 heterocycles. The Bertz CT molecular complexity index is 496. The average molecular weight is 288 g/mol. The van der Waals surface area contributed by atoms with Crippen molar-refractivity contribution in [3.05, 3.63) is 54.0 Å². The van der Waals surface area contributed by atoms with Crippen molar-refractivity contribution in [1.82, 2.24) is 0 Å². The zero-order valence-corrected chi connectivity index (χ0v) is 11.3. The van der Waals surface area contributed by atoms with Crippen LogP contribution in [-0.2, 0) is 0 Å². The van der Waals surface area contributed by atoms with Crippen LogP contribution in [0, 0.1) is 24.1 Å². The summed E-state index contributed by atoms with van der Waals surface area (Å²) in [6.45, 7) is 3.94. The zero-order valence-electron chi connectivity index (χ0n) is 10.6. The Labute approximate surface area is 113 Å². The van der Waals surface area contributed by atoms with Gasteiger partial charge >= 0.3 is 40.4 Å². The molecule has 0 aliphatic heterocycles. The van der Waals surface area contributed by atoms with Gasteiger partial charge in [-0.15, -0.1) is 0 Å². The molecule has 0 amide bonds. The first-order chi connectivity index (χ1) is 8.75. The van der Waals surface area contributed by atoms with Crippen LogP contribution in [0.2, 0.25) is 0 Å². The molecule has 2 aromatic rings. The molecule has 2 rings (SSSR count). The normalized spacial score (nSPS) is 11.5. The van der Waals surface area contributed by atoms with Gasteiger partial charge in [-0.2, -0.15) is 0 Å². The molecule has 0 spiro atoms. The van der Waals surface area contributed by atoms with E-state index in [4.69, 9.17) is 23.1 Å². The molecular formula is C13H16ClO5+. The van der Waals surface area contributed by atoms with Crippen LogP contribution in [0.25, 0.3) is 11.1 Å². The third-order valence-electron chi connectivity index (χ3n) is 2.15. The van der Waals surface area contributed by atoms with Crippen molar-refractivity contribution in [1.29, 1.82) is 0 Å². The van der Waals surface area contributed by atoms with E-state index in [0.717, 1.165) is 11.5 Å². The summed E-state index contributed by atoms with van der Waals surface area (Å²) in [5, 5.41) is 0. The van der Waals surface area contributed by atoms with Gasteiger partial charge in [-0.05, 0) is 11.1 Å². The summed E-state index contributed by atoms with van der Waals surface area (Å²) in [6.07, 6.45) is 0. The summed E-state index contributed by atoms with van der Waals surface area (Å²) in [6, 6.07) is 14.4.